The maximum Gasteiger partial charge on any atom is 0.265 e. The zero-order valence-corrected chi connectivity index (χ0v) is 14.0. The van der Waals surface area contributed by atoms with Crippen LogP contribution in [0.25, 0.3) is 5.13 Å². The zero-order valence-electron chi connectivity index (χ0n) is 12.4. The molecule has 8 heteroatoms. The van der Waals surface area contributed by atoms with Crippen LogP contribution < -0.4 is 0 Å². The van der Waals surface area contributed by atoms with Crippen LogP contribution in [0.2, 0.25) is 0 Å². The molecule has 1 atom stereocenters. The largest absolute Gasteiger partial charge is 0.337 e. The second-order valence-electron chi connectivity index (χ2n) is 5.49. The first kappa shape index (κ1) is 15.2. The summed E-state index contributed by atoms with van der Waals surface area (Å²) in [5.41, 5.74) is 0.682. The molecule has 0 radical (unpaired) electrons. The molecule has 0 aromatic carbocycles. The summed E-state index contributed by atoms with van der Waals surface area (Å²) in [5.74, 6) is -0.125. The molecule has 1 unspecified atom stereocenters. The topological polar surface area (TPSA) is 72.3 Å². The van der Waals surface area contributed by atoms with Crippen LogP contribution in [0.3, 0.4) is 0 Å². The van der Waals surface area contributed by atoms with Crippen LogP contribution in [-0.2, 0) is 9.84 Å². The SMILES string of the molecule is Cc1nc(-n2cccc2)sc1C(=O)N1CCC(S(C)(=O)=O)C1. The minimum absolute atomic E-state index is 0.125. The number of hydrogen-bond donors (Lipinski definition) is 0. The average Bonchev–Trinajstić information content (AvgIpc) is 3.17. The number of nitrogens with zero attached hydrogens (tertiary/aromatic N) is 3. The molecule has 118 valence electrons. The summed E-state index contributed by atoms with van der Waals surface area (Å²) >= 11 is 1.33. The summed E-state index contributed by atoms with van der Waals surface area (Å²) in [6, 6.07) is 3.80. The van der Waals surface area contributed by atoms with E-state index in [0.717, 1.165) is 5.13 Å². The highest BCUT2D eigenvalue weighted by atomic mass is 32.2. The molecule has 2 aromatic rings. The fourth-order valence-corrected chi connectivity index (χ4v) is 4.55. The Morgan fingerprint density at radius 1 is 1.36 bits per heavy atom. The normalized spacial score (nSPS) is 18.8. The van der Waals surface area contributed by atoms with Crippen LogP contribution in [0.1, 0.15) is 21.8 Å². The van der Waals surface area contributed by atoms with Gasteiger partial charge in [0.1, 0.15) is 4.88 Å². The minimum Gasteiger partial charge on any atom is -0.337 e. The molecule has 22 heavy (non-hydrogen) atoms. The number of sulfone groups is 1. The van der Waals surface area contributed by atoms with Gasteiger partial charge in [-0.3, -0.25) is 4.79 Å². The molecular weight excluding hydrogens is 322 g/mol. The summed E-state index contributed by atoms with van der Waals surface area (Å²) in [4.78, 5) is 19.2. The van der Waals surface area contributed by atoms with Gasteiger partial charge in [-0.2, -0.15) is 0 Å². The maximum absolute atomic E-state index is 12.6. The number of aryl methyl sites for hydroxylation is 1. The Kier molecular flexibility index (Phi) is 3.82. The summed E-state index contributed by atoms with van der Waals surface area (Å²) in [6.45, 7) is 2.56. The Bertz CT molecular complexity index is 793. The van der Waals surface area contributed by atoms with Crippen molar-refractivity contribution in [1.29, 1.82) is 0 Å². The van der Waals surface area contributed by atoms with Crippen LogP contribution >= 0.6 is 11.3 Å². The molecule has 1 aliphatic rings. The van der Waals surface area contributed by atoms with Crippen molar-refractivity contribution in [2.45, 2.75) is 18.6 Å². The van der Waals surface area contributed by atoms with E-state index in [0.29, 0.717) is 23.5 Å². The number of rotatable bonds is 3. The van der Waals surface area contributed by atoms with Crippen LogP contribution in [0, 0.1) is 6.92 Å². The molecule has 3 heterocycles. The lowest BCUT2D eigenvalue weighted by molar-refractivity contribution is 0.0797. The van der Waals surface area contributed by atoms with Crippen molar-refractivity contribution in [3.8, 4) is 5.13 Å². The Labute approximate surface area is 133 Å². The summed E-state index contributed by atoms with van der Waals surface area (Å²) in [5, 5.41) is 0.290. The van der Waals surface area contributed by atoms with Crippen LogP contribution in [0.4, 0.5) is 0 Å². The zero-order chi connectivity index (χ0) is 15.9. The van der Waals surface area contributed by atoms with E-state index in [1.165, 1.54) is 17.6 Å². The summed E-state index contributed by atoms with van der Waals surface area (Å²) < 4.78 is 25.1. The Morgan fingerprint density at radius 3 is 2.64 bits per heavy atom. The average molecular weight is 339 g/mol. The van der Waals surface area contributed by atoms with Gasteiger partial charge in [0.2, 0.25) is 0 Å². The van der Waals surface area contributed by atoms with Crippen molar-refractivity contribution in [3.63, 3.8) is 0 Å². The van der Waals surface area contributed by atoms with E-state index >= 15 is 0 Å². The third kappa shape index (κ3) is 2.80. The first-order valence-electron chi connectivity index (χ1n) is 6.95. The van der Waals surface area contributed by atoms with Gasteiger partial charge >= 0.3 is 0 Å². The highest BCUT2D eigenvalue weighted by molar-refractivity contribution is 7.91. The van der Waals surface area contributed by atoms with Gasteiger partial charge in [0.05, 0.1) is 10.9 Å². The van der Waals surface area contributed by atoms with Gasteiger partial charge in [-0.05, 0) is 25.5 Å². The van der Waals surface area contributed by atoms with Crippen LogP contribution in [0.15, 0.2) is 24.5 Å². The highest BCUT2D eigenvalue weighted by Gasteiger charge is 2.34. The van der Waals surface area contributed by atoms with Crippen molar-refractivity contribution in [3.05, 3.63) is 35.1 Å². The van der Waals surface area contributed by atoms with E-state index in [1.807, 2.05) is 29.1 Å². The number of amides is 1. The van der Waals surface area contributed by atoms with Gasteiger partial charge < -0.3 is 9.47 Å². The molecule has 0 N–H and O–H groups in total. The molecular formula is C14H17N3O3S2. The van der Waals surface area contributed by atoms with E-state index < -0.39 is 15.1 Å². The molecule has 1 aliphatic heterocycles. The minimum atomic E-state index is -3.10. The number of carbonyl (C=O) groups excluding carboxylic acids is 1. The number of thiazole rings is 1. The molecule has 0 saturated carbocycles. The standard InChI is InChI=1S/C14H17N3O3S2/c1-10-12(21-14(15-10)16-6-3-4-7-16)13(18)17-8-5-11(9-17)22(2,19)20/h3-4,6-7,11H,5,8-9H2,1-2H3. The van der Waals surface area contributed by atoms with Gasteiger partial charge in [-0.1, -0.05) is 11.3 Å². The molecule has 2 aromatic heterocycles. The Morgan fingerprint density at radius 2 is 2.05 bits per heavy atom. The molecule has 1 amide bonds. The third-order valence-electron chi connectivity index (χ3n) is 3.84. The second kappa shape index (κ2) is 5.51. The monoisotopic (exact) mass is 339 g/mol. The van der Waals surface area contributed by atoms with E-state index in [2.05, 4.69) is 4.98 Å². The van der Waals surface area contributed by atoms with Gasteiger partial charge in [-0.15, -0.1) is 0 Å². The molecule has 0 aliphatic carbocycles. The molecule has 0 bridgehead atoms. The number of carbonyl (C=O) groups is 1. The van der Waals surface area contributed by atoms with Crippen molar-refractivity contribution in [1.82, 2.24) is 14.5 Å². The van der Waals surface area contributed by atoms with Crippen LogP contribution in [-0.4, -0.2) is 53.4 Å². The third-order valence-corrected chi connectivity index (χ3v) is 6.60. The van der Waals surface area contributed by atoms with Gasteiger partial charge in [-0.25, -0.2) is 13.4 Å². The number of aromatic nitrogens is 2. The number of likely N-dealkylation sites (tertiary alicyclic amines) is 1. The van der Waals surface area contributed by atoms with Gasteiger partial charge in [0.15, 0.2) is 15.0 Å². The number of hydrogen-bond acceptors (Lipinski definition) is 5. The lowest BCUT2D eigenvalue weighted by Crippen LogP contribution is -2.31. The molecule has 6 nitrogen and oxygen atoms in total. The Balaban J connectivity index is 1.82. The summed E-state index contributed by atoms with van der Waals surface area (Å²) in [7, 11) is -3.10. The van der Waals surface area contributed by atoms with E-state index in [4.69, 9.17) is 0 Å². The lowest BCUT2D eigenvalue weighted by Gasteiger charge is -2.15. The molecule has 3 rings (SSSR count). The van der Waals surface area contributed by atoms with E-state index in [9.17, 15) is 13.2 Å². The molecule has 1 saturated heterocycles. The first-order chi connectivity index (χ1) is 10.4. The quantitative estimate of drug-likeness (QED) is 0.849. The van der Waals surface area contributed by atoms with Crippen molar-refractivity contribution in [2.24, 2.45) is 0 Å². The van der Waals surface area contributed by atoms with Crippen molar-refractivity contribution in [2.75, 3.05) is 19.3 Å². The predicted octanol–water partition coefficient (Wildman–Crippen LogP) is 1.50. The van der Waals surface area contributed by atoms with Gasteiger partial charge in [0.25, 0.3) is 5.91 Å². The van der Waals surface area contributed by atoms with Crippen molar-refractivity contribution >= 4 is 27.1 Å². The van der Waals surface area contributed by atoms with Crippen LogP contribution in [0.5, 0.6) is 0 Å². The molecule has 1 fully saturated rings. The first-order valence-corrected chi connectivity index (χ1v) is 9.72. The van der Waals surface area contributed by atoms with Crippen molar-refractivity contribution < 1.29 is 13.2 Å². The smallest absolute Gasteiger partial charge is 0.265 e. The Hall–Kier alpha value is -1.67. The fourth-order valence-electron chi connectivity index (χ4n) is 2.56. The lowest BCUT2D eigenvalue weighted by atomic mass is 10.3. The summed E-state index contributed by atoms with van der Waals surface area (Å²) in [6.07, 6.45) is 5.49. The maximum atomic E-state index is 12.6. The van der Waals surface area contributed by atoms with Gasteiger partial charge in [0, 0.05) is 31.7 Å². The highest BCUT2D eigenvalue weighted by Crippen LogP contribution is 2.26. The molecule has 0 spiro atoms. The predicted molar refractivity (Wildman–Crippen MR) is 85.3 cm³/mol. The fraction of sp³-hybridized carbons (Fsp3) is 0.429. The van der Waals surface area contributed by atoms with E-state index in [1.54, 1.807) is 11.8 Å². The van der Waals surface area contributed by atoms with E-state index in [-0.39, 0.29) is 12.5 Å². The second-order valence-corrected chi connectivity index (χ2v) is 8.80.